The van der Waals surface area contributed by atoms with Crippen LogP contribution in [-0.4, -0.2) is 16.9 Å². The molecular weight excluding hydrogens is 164 g/mol. The number of nitrogens with two attached hydrogens (primary N) is 2. The van der Waals surface area contributed by atoms with E-state index in [0.29, 0.717) is 6.42 Å². The van der Waals surface area contributed by atoms with Gasteiger partial charge in [-0.05, 0) is 12.8 Å². The lowest BCUT2D eigenvalue weighted by Crippen LogP contribution is -2.55. The number of rotatable bonds is 7. The molecule has 0 aliphatic rings. The van der Waals surface area contributed by atoms with Gasteiger partial charge in [0.15, 0.2) is 0 Å². The fourth-order valence-corrected chi connectivity index (χ4v) is 1.45. The Kier molecular flexibility index (Phi) is 6.29. The van der Waals surface area contributed by atoms with Crippen molar-refractivity contribution < 1.29 is 5.11 Å². The van der Waals surface area contributed by atoms with E-state index in [1.807, 2.05) is 6.92 Å². The molecule has 0 spiro atoms. The lowest BCUT2D eigenvalue weighted by Gasteiger charge is -2.29. The van der Waals surface area contributed by atoms with Crippen LogP contribution in [0.5, 0.6) is 0 Å². The lowest BCUT2D eigenvalue weighted by atomic mass is 9.95. The molecule has 0 saturated carbocycles. The maximum absolute atomic E-state index is 9.74. The zero-order chi connectivity index (χ0) is 10.3. The van der Waals surface area contributed by atoms with Gasteiger partial charge in [-0.25, -0.2) is 0 Å². The second kappa shape index (κ2) is 6.35. The zero-order valence-electron chi connectivity index (χ0n) is 8.92. The molecule has 13 heavy (non-hydrogen) atoms. The Bertz CT molecular complexity index is 126. The van der Waals surface area contributed by atoms with Gasteiger partial charge in [-0.2, -0.15) is 0 Å². The zero-order valence-corrected chi connectivity index (χ0v) is 8.92. The van der Waals surface area contributed by atoms with Crippen molar-refractivity contribution in [2.24, 2.45) is 11.5 Å². The average Bonchev–Trinajstić information content (AvgIpc) is 2.04. The number of hydrogen-bond acceptors (Lipinski definition) is 3. The van der Waals surface area contributed by atoms with Crippen molar-refractivity contribution in [1.82, 2.24) is 0 Å². The molecule has 80 valence electrons. The third kappa shape index (κ3) is 5.24. The van der Waals surface area contributed by atoms with Crippen molar-refractivity contribution in [2.45, 2.75) is 64.1 Å². The van der Waals surface area contributed by atoms with Crippen molar-refractivity contribution >= 4 is 0 Å². The minimum atomic E-state index is -1.16. The Morgan fingerprint density at radius 3 is 2.31 bits per heavy atom. The van der Waals surface area contributed by atoms with E-state index in [2.05, 4.69) is 6.92 Å². The van der Waals surface area contributed by atoms with Crippen LogP contribution >= 0.6 is 0 Å². The summed E-state index contributed by atoms with van der Waals surface area (Å²) in [6.45, 7) is 4.14. The van der Waals surface area contributed by atoms with Crippen molar-refractivity contribution in [1.29, 1.82) is 0 Å². The first-order valence-corrected chi connectivity index (χ1v) is 5.31. The fraction of sp³-hybridized carbons (Fsp3) is 1.00. The van der Waals surface area contributed by atoms with E-state index >= 15 is 0 Å². The van der Waals surface area contributed by atoms with Crippen molar-refractivity contribution in [3.63, 3.8) is 0 Å². The summed E-state index contributed by atoms with van der Waals surface area (Å²) in [5, 5.41) is 9.74. The van der Waals surface area contributed by atoms with Gasteiger partial charge >= 0.3 is 0 Å². The number of aliphatic hydroxyl groups is 1. The van der Waals surface area contributed by atoms with E-state index in [0.717, 1.165) is 25.7 Å². The minimum Gasteiger partial charge on any atom is -0.374 e. The van der Waals surface area contributed by atoms with E-state index < -0.39 is 5.72 Å². The molecule has 0 aromatic heterocycles. The van der Waals surface area contributed by atoms with E-state index in [1.165, 1.54) is 6.42 Å². The predicted molar refractivity (Wildman–Crippen MR) is 56.2 cm³/mol. The van der Waals surface area contributed by atoms with Crippen molar-refractivity contribution in [3.8, 4) is 0 Å². The maximum atomic E-state index is 9.74. The first kappa shape index (κ1) is 12.9. The number of hydrogen-bond donors (Lipinski definition) is 3. The van der Waals surface area contributed by atoms with E-state index in [9.17, 15) is 5.11 Å². The molecule has 2 atom stereocenters. The topological polar surface area (TPSA) is 72.3 Å². The van der Waals surface area contributed by atoms with Crippen LogP contribution in [-0.2, 0) is 0 Å². The van der Waals surface area contributed by atoms with Gasteiger partial charge in [-0.15, -0.1) is 0 Å². The SMILES string of the molecule is CCCCCC(N)C(N)(O)CCC. The second-order valence-electron chi connectivity index (χ2n) is 3.84. The normalized spacial score (nSPS) is 18.2. The molecule has 2 unspecified atom stereocenters. The highest BCUT2D eigenvalue weighted by Crippen LogP contribution is 2.14. The fourth-order valence-electron chi connectivity index (χ4n) is 1.45. The van der Waals surface area contributed by atoms with Gasteiger partial charge in [0.05, 0.1) is 0 Å². The molecule has 0 bridgehead atoms. The standard InChI is InChI=1S/C10H24N2O/c1-3-5-6-7-9(11)10(12,13)8-4-2/h9,13H,3-8,11-12H2,1-2H3. The van der Waals surface area contributed by atoms with Crippen LogP contribution in [0.4, 0.5) is 0 Å². The summed E-state index contributed by atoms with van der Waals surface area (Å²) in [4.78, 5) is 0. The Morgan fingerprint density at radius 1 is 1.23 bits per heavy atom. The molecular formula is C10H24N2O. The monoisotopic (exact) mass is 188 g/mol. The molecule has 0 aromatic rings. The Balaban J connectivity index is 3.72. The molecule has 0 aliphatic carbocycles. The van der Waals surface area contributed by atoms with Gasteiger partial charge in [0.1, 0.15) is 5.72 Å². The maximum Gasteiger partial charge on any atom is 0.128 e. The Labute approximate surface area is 81.5 Å². The van der Waals surface area contributed by atoms with Crippen LogP contribution < -0.4 is 11.5 Å². The average molecular weight is 188 g/mol. The Morgan fingerprint density at radius 2 is 1.85 bits per heavy atom. The third-order valence-electron chi connectivity index (χ3n) is 2.41. The summed E-state index contributed by atoms with van der Waals surface area (Å²) in [5.74, 6) is 0. The third-order valence-corrected chi connectivity index (χ3v) is 2.41. The van der Waals surface area contributed by atoms with Gasteiger partial charge < -0.3 is 16.6 Å². The summed E-state index contributed by atoms with van der Waals surface area (Å²) in [6.07, 6.45) is 5.66. The second-order valence-corrected chi connectivity index (χ2v) is 3.84. The van der Waals surface area contributed by atoms with E-state index in [1.54, 1.807) is 0 Å². The van der Waals surface area contributed by atoms with Gasteiger partial charge in [0, 0.05) is 6.04 Å². The molecule has 0 fully saturated rings. The highest BCUT2D eigenvalue weighted by Gasteiger charge is 2.27. The quantitative estimate of drug-likeness (QED) is 0.417. The molecule has 0 rings (SSSR count). The molecule has 3 heteroatoms. The van der Waals surface area contributed by atoms with Crippen LogP contribution in [0, 0.1) is 0 Å². The van der Waals surface area contributed by atoms with Crippen LogP contribution in [0.25, 0.3) is 0 Å². The minimum absolute atomic E-state index is 0.279. The molecule has 0 aliphatic heterocycles. The van der Waals surface area contributed by atoms with Gasteiger partial charge in [-0.1, -0.05) is 39.5 Å². The number of unbranched alkanes of at least 4 members (excludes halogenated alkanes) is 2. The largest absolute Gasteiger partial charge is 0.374 e. The lowest BCUT2D eigenvalue weighted by molar-refractivity contribution is 0.00792. The molecule has 0 heterocycles. The summed E-state index contributed by atoms with van der Waals surface area (Å²) in [5.41, 5.74) is 10.3. The molecule has 0 radical (unpaired) electrons. The first-order chi connectivity index (χ1) is 6.04. The van der Waals surface area contributed by atoms with E-state index in [4.69, 9.17) is 11.5 Å². The first-order valence-electron chi connectivity index (χ1n) is 5.31. The smallest absolute Gasteiger partial charge is 0.128 e. The van der Waals surface area contributed by atoms with Gasteiger partial charge in [0.2, 0.25) is 0 Å². The summed E-state index contributed by atoms with van der Waals surface area (Å²) in [6, 6.07) is -0.279. The highest BCUT2D eigenvalue weighted by molar-refractivity contribution is 4.83. The highest BCUT2D eigenvalue weighted by atomic mass is 16.3. The van der Waals surface area contributed by atoms with E-state index in [-0.39, 0.29) is 6.04 Å². The van der Waals surface area contributed by atoms with Crippen LogP contribution in [0.1, 0.15) is 52.4 Å². The summed E-state index contributed by atoms with van der Waals surface area (Å²) < 4.78 is 0. The predicted octanol–water partition coefficient (Wildman–Crippen LogP) is 1.34. The van der Waals surface area contributed by atoms with Crippen LogP contribution in [0.3, 0.4) is 0 Å². The summed E-state index contributed by atoms with van der Waals surface area (Å²) >= 11 is 0. The van der Waals surface area contributed by atoms with Crippen LogP contribution in [0.2, 0.25) is 0 Å². The van der Waals surface area contributed by atoms with Gasteiger partial charge in [-0.3, -0.25) is 0 Å². The molecule has 0 saturated heterocycles. The van der Waals surface area contributed by atoms with Gasteiger partial charge in [0.25, 0.3) is 0 Å². The Hall–Kier alpha value is -0.120. The van der Waals surface area contributed by atoms with Crippen LogP contribution in [0.15, 0.2) is 0 Å². The molecule has 0 amide bonds. The molecule has 3 nitrogen and oxygen atoms in total. The van der Waals surface area contributed by atoms with Crippen molar-refractivity contribution in [3.05, 3.63) is 0 Å². The van der Waals surface area contributed by atoms with Crippen molar-refractivity contribution in [2.75, 3.05) is 0 Å². The molecule has 5 N–H and O–H groups in total. The molecule has 0 aromatic carbocycles. The summed E-state index contributed by atoms with van der Waals surface area (Å²) in [7, 11) is 0.